The highest BCUT2D eigenvalue weighted by Gasteiger charge is 2.57. The lowest BCUT2D eigenvalue weighted by Crippen LogP contribution is -2.60. The van der Waals surface area contributed by atoms with E-state index in [-0.39, 0.29) is 44.4 Å². The number of carbonyl (C=O) groups is 3. The molecule has 1 aromatic carbocycles. The third-order valence-electron chi connectivity index (χ3n) is 12.7. The van der Waals surface area contributed by atoms with Gasteiger partial charge in [-0.25, -0.2) is 14.0 Å². The fourth-order valence-corrected chi connectivity index (χ4v) is 9.60. The first kappa shape index (κ1) is 46.5. The van der Waals surface area contributed by atoms with Gasteiger partial charge in [0.1, 0.15) is 24.6 Å². The lowest BCUT2D eigenvalue weighted by Gasteiger charge is -2.49. The molecule has 5 rings (SSSR count). The van der Waals surface area contributed by atoms with Crippen LogP contribution in [0, 0.1) is 29.5 Å². The molecule has 330 valence electrons. The van der Waals surface area contributed by atoms with E-state index in [4.69, 9.17) is 33.2 Å². The molecule has 4 aliphatic rings. The van der Waals surface area contributed by atoms with E-state index in [0.29, 0.717) is 30.4 Å². The molecule has 2 bridgehead atoms. The van der Waals surface area contributed by atoms with Crippen molar-refractivity contribution in [2.45, 2.75) is 141 Å². The molecule has 0 aliphatic carbocycles. The molecule has 1 aromatic rings. The van der Waals surface area contributed by atoms with Crippen LogP contribution in [0.15, 0.2) is 48.1 Å². The number of alkyl carbamates (subject to hydrolysis) is 2. The summed E-state index contributed by atoms with van der Waals surface area (Å²) in [6.45, 7) is 19.6. The number of aliphatic hydroxyl groups excluding tert-OH is 1. The summed E-state index contributed by atoms with van der Waals surface area (Å²) in [5, 5.41) is 17.4. The monoisotopic (exact) mass is 831 g/mol. The average Bonchev–Trinajstić information content (AvgIpc) is 3.51. The number of ether oxygens (including phenoxy) is 7. The minimum atomic E-state index is -1.28. The van der Waals surface area contributed by atoms with E-state index >= 15 is 0 Å². The molecule has 4 fully saturated rings. The van der Waals surface area contributed by atoms with Crippen LogP contribution in [-0.2, 0) is 44.5 Å². The van der Waals surface area contributed by atoms with Gasteiger partial charge in [0.2, 0.25) is 0 Å². The molecule has 14 atom stereocenters. The Morgan fingerprint density at radius 3 is 2.54 bits per heavy atom. The molecule has 15 heteroatoms. The fraction of sp³-hybridized carbons (Fsp3) is 0.705. The number of hydrogen-bond donors (Lipinski definition) is 3. The van der Waals surface area contributed by atoms with E-state index in [9.17, 15) is 23.9 Å². The maximum Gasteiger partial charge on any atom is 0.408 e. The largest absolute Gasteiger partial charge is 0.458 e. The molecule has 3 N–H and O–H groups in total. The van der Waals surface area contributed by atoms with E-state index in [2.05, 4.69) is 17.2 Å². The highest BCUT2D eigenvalue weighted by molar-refractivity contribution is 5.74. The number of amides is 2. The van der Waals surface area contributed by atoms with Crippen LogP contribution in [0.3, 0.4) is 0 Å². The van der Waals surface area contributed by atoms with Gasteiger partial charge in [0.05, 0.1) is 49.1 Å². The maximum atomic E-state index is 14.3. The molecular formula is C44H66FN3O11. The van der Waals surface area contributed by atoms with Gasteiger partial charge in [-0.1, -0.05) is 52.0 Å². The number of hydrogen-bond acceptors (Lipinski definition) is 12. The van der Waals surface area contributed by atoms with E-state index in [1.807, 2.05) is 66.6 Å². The van der Waals surface area contributed by atoms with Crippen molar-refractivity contribution in [3.8, 4) is 0 Å². The SMILES string of the molecule is C=C1COC2[C@@H](C)C(=O)O[C@H](CC)[C@@]3(C)OC(=O)NC3[C@@H](C)/C(=C/COC(=O)NCc3cccc(F)c3)[C@H](C)C[C@@](C)(OC1)[C@H](OC1O[C@H](C)C[C@H](N(C)C)[C@H]1O)[C@H]2C. The lowest BCUT2D eigenvalue weighted by atomic mass is 9.71. The Balaban J connectivity index is 1.58. The third-order valence-corrected chi connectivity index (χ3v) is 12.7. The molecule has 14 nitrogen and oxygen atoms in total. The predicted octanol–water partition coefficient (Wildman–Crippen LogP) is 5.66. The highest BCUT2D eigenvalue weighted by Crippen LogP contribution is 2.44. The summed E-state index contributed by atoms with van der Waals surface area (Å²) in [4.78, 5) is 42.3. The quantitative estimate of drug-likeness (QED) is 0.168. The summed E-state index contributed by atoms with van der Waals surface area (Å²) < 4.78 is 58.4. The molecule has 4 saturated heterocycles. The van der Waals surface area contributed by atoms with Gasteiger partial charge >= 0.3 is 18.2 Å². The van der Waals surface area contributed by atoms with Crippen LogP contribution < -0.4 is 10.6 Å². The second-order valence-corrected chi connectivity index (χ2v) is 17.6. The standard InChI is InChI=1S/C44H66FN3O11/c1-12-34-44(9)37(47-42(52)59-44)27(5)32(16-17-53-41(51)46-21-30-14-13-15-31(45)19-30)25(3)20-43(8)38(58-40-35(49)33(48(10)11)18-26(4)56-40)28(6)36(29(7)39(50)57-34)54-22-24(2)23-55-43/h13-16,19,25-29,33-38,40,49H,2,12,17-18,20-23H2,1,3-11H3,(H,46,51)(H,47,52)/b32-16+/t25-,26-,27+,28+,29-,33+,34-,35-,36?,37?,38-,40?,43-,44-/m1/s1. The Morgan fingerprint density at radius 2 is 1.86 bits per heavy atom. The second kappa shape index (κ2) is 19.4. The van der Waals surface area contributed by atoms with E-state index in [0.717, 1.165) is 5.57 Å². The van der Waals surface area contributed by atoms with E-state index in [1.165, 1.54) is 12.1 Å². The number of fused-ring (bicyclic) bond motifs is 4. The molecule has 59 heavy (non-hydrogen) atoms. The number of likely N-dealkylation sites (N-methyl/N-ethyl adjacent to an activating group) is 1. The number of aliphatic hydroxyl groups is 1. The Hall–Kier alpha value is -3.60. The summed E-state index contributed by atoms with van der Waals surface area (Å²) in [5.41, 5.74) is -0.349. The minimum absolute atomic E-state index is 0.0677. The third kappa shape index (κ3) is 10.7. The lowest BCUT2D eigenvalue weighted by molar-refractivity contribution is -0.302. The van der Waals surface area contributed by atoms with Crippen LogP contribution in [0.25, 0.3) is 0 Å². The zero-order valence-electron chi connectivity index (χ0n) is 36.3. The van der Waals surface area contributed by atoms with Crippen molar-refractivity contribution in [2.24, 2.45) is 23.7 Å². The molecule has 0 aromatic heterocycles. The second-order valence-electron chi connectivity index (χ2n) is 17.6. The van der Waals surface area contributed by atoms with Gasteiger partial charge in [0.25, 0.3) is 0 Å². The molecule has 0 saturated carbocycles. The maximum absolute atomic E-state index is 14.3. The zero-order valence-corrected chi connectivity index (χ0v) is 36.3. The Morgan fingerprint density at radius 1 is 1.14 bits per heavy atom. The van der Waals surface area contributed by atoms with Crippen molar-refractivity contribution in [1.82, 2.24) is 15.5 Å². The molecule has 4 aliphatic heterocycles. The Labute approximate surface area is 348 Å². The van der Waals surface area contributed by atoms with Crippen LogP contribution in [0.2, 0.25) is 0 Å². The number of nitrogens with zero attached hydrogens (tertiary/aromatic N) is 1. The molecular weight excluding hydrogens is 765 g/mol. The van der Waals surface area contributed by atoms with Crippen molar-refractivity contribution < 1.29 is 57.0 Å². The Bertz CT molecular complexity index is 1690. The number of benzene rings is 1. The summed E-state index contributed by atoms with van der Waals surface area (Å²) in [5.74, 6) is -3.04. The molecule has 4 heterocycles. The smallest absolute Gasteiger partial charge is 0.408 e. The first-order valence-electron chi connectivity index (χ1n) is 20.9. The summed E-state index contributed by atoms with van der Waals surface area (Å²) in [6, 6.07) is 5.01. The number of halogens is 1. The van der Waals surface area contributed by atoms with Crippen molar-refractivity contribution in [2.75, 3.05) is 33.9 Å². The van der Waals surface area contributed by atoms with Crippen LogP contribution in [-0.4, -0.2) is 122 Å². The number of cyclic esters (lactones) is 1. The Kier molecular flexibility index (Phi) is 15.3. The highest BCUT2D eigenvalue weighted by atomic mass is 19.1. The van der Waals surface area contributed by atoms with Gasteiger partial charge in [0, 0.05) is 24.4 Å². The summed E-state index contributed by atoms with van der Waals surface area (Å²) >= 11 is 0. The zero-order chi connectivity index (χ0) is 43.4. The van der Waals surface area contributed by atoms with E-state index < -0.39 is 89.7 Å². The van der Waals surface area contributed by atoms with Crippen LogP contribution >= 0.6 is 0 Å². The number of rotatable bonds is 8. The molecule has 0 radical (unpaired) electrons. The first-order valence-corrected chi connectivity index (χ1v) is 20.9. The average molecular weight is 832 g/mol. The van der Waals surface area contributed by atoms with Gasteiger partial charge in [-0.2, -0.15) is 0 Å². The summed E-state index contributed by atoms with van der Waals surface area (Å²) in [7, 11) is 3.82. The fourth-order valence-electron chi connectivity index (χ4n) is 9.60. The topological polar surface area (TPSA) is 163 Å². The van der Waals surface area contributed by atoms with Gasteiger partial charge in [-0.05, 0) is 96.3 Å². The van der Waals surface area contributed by atoms with Crippen molar-refractivity contribution in [1.29, 1.82) is 0 Å². The van der Waals surface area contributed by atoms with Gasteiger partial charge < -0.3 is 53.8 Å². The van der Waals surface area contributed by atoms with Gasteiger partial charge in [-0.3, -0.25) is 4.79 Å². The first-order chi connectivity index (χ1) is 27.8. The van der Waals surface area contributed by atoms with Crippen molar-refractivity contribution in [3.63, 3.8) is 0 Å². The molecule has 3 unspecified atom stereocenters. The van der Waals surface area contributed by atoms with Crippen LogP contribution in [0.1, 0.15) is 80.2 Å². The van der Waals surface area contributed by atoms with Gasteiger partial charge in [0.15, 0.2) is 11.9 Å². The predicted molar refractivity (Wildman–Crippen MR) is 216 cm³/mol. The van der Waals surface area contributed by atoms with Gasteiger partial charge in [-0.15, -0.1) is 0 Å². The van der Waals surface area contributed by atoms with Crippen LogP contribution in [0.4, 0.5) is 14.0 Å². The number of esters is 1. The van der Waals surface area contributed by atoms with E-state index in [1.54, 1.807) is 26.0 Å². The van der Waals surface area contributed by atoms with Crippen molar-refractivity contribution >= 4 is 18.2 Å². The number of carbonyl (C=O) groups excluding carboxylic acids is 3. The normalized spacial score (nSPS) is 39.2. The molecule has 0 spiro atoms. The van der Waals surface area contributed by atoms with Crippen molar-refractivity contribution in [3.05, 3.63) is 59.4 Å². The summed E-state index contributed by atoms with van der Waals surface area (Å²) in [6.07, 6.45) is -2.91. The number of nitrogens with one attached hydrogen (secondary N) is 2. The molecule has 2 amide bonds. The minimum Gasteiger partial charge on any atom is -0.458 e. The van der Waals surface area contributed by atoms with Crippen LogP contribution in [0.5, 0.6) is 0 Å².